The zero-order valence-electron chi connectivity index (χ0n) is 15.3. The van der Waals surface area contributed by atoms with Crippen LogP contribution in [0, 0.1) is 11.8 Å². The van der Waals surface area contributed by atoms with Crippen LogP contribution in [-0.4, -0.2) is 41.9 Å². The average molecular weight is 329 g/mol. The van der Waals surface area contributed by atoms with Gasteiger partial charge in [-0.05, 0) is 62.2 Å². The molecule has 2 saturated heterocycles. The molecule has 2 heterocycles. The Balaban J connectivity index is 1.47. The van der Waals surface area contributed by atoms with E-state index >= 15 is 0 Å². The molecule has 132 valence electrons. The molecule has 0 aromatic heterocycles. The standard InChI is InChI=1S/C21H32N2O/c1-3-18-6-8-19(9-7-18)16-22-13-10-20(11-14-22)21(24)23-12-4-5-17(2)15-23/h6-9,17,20H,3-5,10-16H2,1-2H3/t17-/m0/s1. The molecule has 1 amide bonds. The van der Waals surface area contributed by atoms with Gasteiger partial charge in [0.05, 0.1) is 0 Å². The Morgan fingerprint density at radius 2 is 1.71 bits per heavy atom. The summed E-state index contributed by atoms with van der Waals surface area (Å²) in [6.07, 6.45) is 5.61. The van der Waals surface area contributed by atoms with Gasteiger partial charge in [-0.1, -0.05) is 38.1 Å². The number of amides is 1. The van der Waals surface area contributed by atoms with Gasteiger partial charge in [-0.25, -0.2) is 0 Å². The van der Waals surface area contributed by atoms with Crippen molar-refractivity contribution in [3.05, 3.63) is 35.4 Å². The molecule has 1 atom stereocenters. The summed E-state index contributed by atoms with van der Waals surface area (Å²) < 4.78 is 0. The molecule has 0 spiro atoms. The van der Waals surface area contributed by atoms with Crippen LogP contribution < -0.4 is 0 Å². The van der Waals surface area contributed by atoms with E-state index in [1.165, 1.54) is 24.0 Å². The lowest BCUT2D eigenvalue weighted by Gasteiger charge is -2.37. The SMILES string of the molecule is CCc1ccc(CN2CCC(C(=O)N3CCC[C@H](C)C3)CC2)cc1. The largest absolute Gasteiger partial charge is 0.342 e. The number of rotatable bonds is 4. The molecule has 0 N–H and O–H groups in total. The van der Waals surface area contributed by atoms with Crippen molar-refractivity contribution in [2.45, 2.75) is 52.5 Å². The molecule has 2 aliphatic heterocycles. The zero-order valence-corrected chi connectivity index (χ0v) is 15.3. The third-order valence-corrected chi connectivity index (χ3v) is 5.74. The Hall–Kier alpha value is -1.35. The third-order valence-electron chi connectivity index (χ3n) is 5.74. The van der Waals surface area contributed by atoms with Gasteiger partial charge in [-0.2, -0.15) is 0 Å². The highest BCUT2D eigenvalue weighted by molar-refractivity contribution is 5.79. The van der Waals surface area contributed by atoms with E-state index in [2.05, 4.69) is 47.9 Å². The van der Waals surface area contributed by atoms with Crippen LogP contribution in [0.3, 0.4) is 0 Å². The van der Waals surface area contributed by atoms with Gasteiger partial charge in [0.25, 0.3) is 0 Å². The van der Waals surface area contributed by atoms with Crippen LogP contribution in [0.15, 0.2) is 24.3 Å². The van der Waals surface area contributed by atoms with Gasteiger partial charge >= 0.3 is 0 Å². The summed E-state index contributed by atoms with van der Waals surface area (Å²) in [7, 11) is 0. The van der Waals surface area contributed by atoms with Gasteiger partial charge in [0.2, 0.25) is 5.91 Å². The van der Waals surface area contributed by atoms with Crippen LogP contribution in [0.5, 0.6) is 0 Å². The van der Waals surface area contributed by atoms with E-state index in [4.69, 9.17) is 0 Å². The molecule has 2 aliphatic rings. The summed E-state index contributed by atoms with van der Waals surface area (Å²) in [5.74, 6) is 1.36. The van der Waals surface area contributed by atoms with Crippen LogP contribution in [0.25, 0.3) is 0 Å². The molecule has 1 aromatic rings. The van der Waals surface area contributed by atoms with E-state index in [0.29, 0.717) is 11.8 Å². The molecule has 3 nitrogen and oxygen atoms in total. The predicted octanol–water partition coefficient (Wildman–Crippen LogP) is 3.72. The number of nitrogens with zero attached hydrogens (tertiary/aromatic N) is 2. The van der Waals surface area contributed by atoms with Gasteiger partial charge < -0.3 is 4.90 Å². The molecule has 0 radical (unpaired) electrons. The highest BCUT2D eigenvalue weighted by Gasteiger charge is 2.30. The Kier molecular flexibility index (Phi) is 5.94. The van der Waals surface area contributed by atoms with Crippen molar-refractivity contribution in [2.75, 3.05) is 26.2 Å². The Bertz CT molecular complexity index is 531. The van der Waals surface area contributed by atoms with E-state index in [0.717, 1.165) is 52.0 Å². The maximum Gasteiger partial charge on any atom is 0.225 e. The molecule has 3 heteroatoms. The first-order valence-electron chi connectivity index (χ1n) is 9.74. The molecule has 1 aromatic carbocycles. The molecule has 2 fully saturated rings. The van der Waals surface area contributed by atoms with Crippen LogP contribution in [0.4, 0.5) is 0 Å². The second-order valence-corrected chi connectivity index (χ2v) is 7.75. The molecule has 3 rings (SSSR count). The van der Waals surface area contributed by atoms with Crippen LogP contribution in [-0.2, 0) is 17.8 Å². The van der Waals surface area contributed by atoms with Gasteiger partial charge in [-0.15, -0.1) is 0 Å². The topological polar surface area (TPSA) is 23.6 Å². The lowest BCUT2D eigenvalue weighted by atomic mass is 9.92. The molecule has 0 unspecified atom stereocenters. The minimum absolute atomic E-state index is 0.258. The number of hydrogen-bond acceptors (Lipinski definition) is 2. The first-order chi connectivity index (χ1) is 11.7. The smallest absolute Gasteiger partial charge is 0.225 e. The number of likely N-dealkylation sites (tertiary alicyclic amines) is 2. The Morgan fingerprint density at radius 3 is 2.33 bits per heavy atom. The molecular weight excluding hydrogens is 296 g/mol. The van der Waals surface area contributed by atoms with Crippen molar-refractivity contribution < 1.29 is 4.79 Å². The fraction of sp³-hybridized carbons (Fsp3) is 0.667. The summed E-state index contributed by atoms with van der Waals surface area (Å²) >= 11 is 0. The monoisotopic (exact) mass is 328 g/mol. The number of carbonyl (C=O) groups is 1. The third kappa shape index (κ3) is 4.38. The van der Waals surface area contributed by atoms with Gasteiger partial charge in [0.1, 0.15) is 0 Å². The number of benzene rings is 1. The second-order valence-electron chi connectivity index (χ2n) is 7.75. The van der Waals surface area contributed by atoms with Crippen molar-refractivity contribution in [3.8, 4) is 0 Å². The number of hydrogen-bond donors (Lipinski definition) is 0. The number of piperidine rings is 2. The van der Waals surface area contributed by atoms with Crippen molar-refractivity contribution in [2.24, 2.45) is 11.8 Å². The molecule has 0 bridgehead atoms. The average Bonchev–Trinajstić information content (AvgIpc) is 2.62. The number of aryl methyl sites for hydroxylation is 1. The summed E-state index contributed by atoms with van der Waals surface area (Å²) in [5.41, 5.74) is 2.79. The van der Waals surface area contributed by atoms with Gasteiger partial charge in [0.15, 0.2) is 0 Å². The zero-order chi connectivity index (χ0) is 16.9. The van der Waals surface area contributed by atoms with E-state index in [1.54, 1.807) is 0 Å². The van der Waals surface area contributed by atoms with E-state index in [1.807, 2.05) is 0 Å². The highest BCUT2D eigenvalue weighted by Crippen LogP contribution is 2.24. The van der Waals surface area contributed by atoms with Crippen molar-refractivity contribution in [3.63, 3.8) is 0 Å². The van der Waals surface area contributed by atoms with E-state index in [-0.39, 0.29) is 5.92 Å². The fourth-order valence-corrected chi connectivity index (χ4v) is 4.12. The molecular formula is C21H32N2O. The van der Waals surface area contributed by atoms with Gasteiger partial charge in [-0.3, -0.25) is 9.69 Å². The molecule has 0 saturated carbocycles. The maximum absolute atomic E-state index is 12.7. The summed E-state index contributed by atoms with van der Waals surface area (Å²) in [4.78, 5) is 17.4. The Labute approximate surface area is 147 Å². The normalized spacial score (nSPS) is 23.4. The van der Waals surface area contributed by atoms with Crippen molar-refractivity contribution in [1.29, 1.82) is 0 Å². The number of carbonyl (C=O) groups excluding carboxylic acids is 1. The first-order valence-corrected chi connectivity index (χ1v) is 9.74. The summed E-state index contributed by atoms with van der Waals surface area (Å²) in [5, 5.41) is 0. The lowest BCUT2D eigenvalue weighted by molar-refractivity contribution is -0.138. The summed E-state index contributed by atoms with van der Waals surface area (Å²) in [6, 6.07) is 8.99. The minimum atomic E-state index is 0.258. The molecule has 24 heavy (non-hydrogen) atoms. The van der Waals surface area contributed by atoms with Crippen molar-refractivity contribution in [1.82, 2.24) is 9.80 Å². The van der Waals surface area contributed by atoms with Crippen LogP contribution >= 0.6 is 0 Å². The fourth-order valence-electron chi connectivity index (χ4n) is 4.12. The van der Waals surface area contributed by atoms with E-state index in [9.17, 15) is 4.79 Å². The quantitative estimate of drug-likeness (QED) is 0.841. The summed E-state index contributed by atoms with van der Waals surface area (Å²) in [6.45, 7) is 9.54. The van der Waals surface area contributed by atoms with Crippen molar-refractivity contribution >= 4 is 5.91 Å². The Morgan fingerprint density at radius 1 is 1.04 bits per heavy atom. The van der Waals surface area contributed by atoms with Crippen LogP contribution in [0.1, 0.15) is 50.7 Å². The minimum Gasteiger partial charge on any atom is -0.342 e. The van der Waals surface area contributed by atoms with Crippen LogP contribution in [0.2, 0.25) is 0 Å². The maximum atomic E-state index is 12.7. The lowest BCUT2D eigenvalue weighted by Crippen LogP contribution is -2.45. The predicted molar refractivity (Wildman–Crippen MR) is 98.8 cm³/mol. The van der Waals surface area contributed by atoms with Gasteiger partial charge in [0, 0.05) is 25.6 Å². The highest BCUT2D eigenvalue weighted by atomic mass is 16.2. The second kappa shape index (κ2) is 8.15. The first kappa shape index (κ1) is 17.5. The van der Waals surface area contributed by atoms with E-state index < -0.39 is 0 Å². The molecule has 0 aliphatic carbocycles.